The molecule has 1 N–H and O–H groups in total. The van der Waals surface area contributed by atoms with E-state index in [1.807, 2.05) is 13.0 Å². The second kappa shape index (κ2) is 11.8. The van der Waals surface area contributed by atoms with Crippen molar-refractivity contribution in [2.24, 2.45) is 0 Å². The highest BCUT2D eigenvalue weighted by Crippen LogP contribution is 2.35. The Morgan fingerprint density at radius 1 is 0.879 bits per heavy atom. The lowest BCUT2D eigenvalue weighted by Gasteiger charge is -2.16. The first-order chi connectivity index (χ1) is 15.9. The summed E-state index contributed by atoms with van der Waals surface area (Å²) in [6.07, 6.45) is 0. The summed E-state index contributed by atoms with van der Waals surface area (Å²) < 4.78 is 29.9. The highest BCUT2D eigenvalue weighted by atomic mass is 35.5. The van der Waals surface area contributed by atoms with E-state index in [0.29, 0.717) is 47.4 Å². The summed E-state index contributed by atoms with van der Waals surface area (Å²) in [5.74, 6) is 0.236. The summed E-state index contributed by atoms with van der Waals surface area (Å²) in [5, 5.41) is 4.05. The van der Waals surface area contributed by atoms with Crippen LogP contribution in [0.5, 0.6) is 11.5 Å². The van der Waals surface area contributed by atoms with E-state index in [9.17, 15) is 9.18 Å². The molecular weight excluding hydrogens is 468 g/mol. The molecule has 33 heavy (non-hydrogen) atoms. The maximum absolute atomic E-state index is 13.3. The van der Waals surface area contributed by atoms with Crippen molar-refractivity contribution in [1.29, 1.82) is 0 Å². The van der Waals surface area contributed by atoms with E-state index in [-0.39, 0.29) is 17.6 Å². The maximum atomic E-state index is 13.3. The van der Waals surface area contributed by atoms with Gasteiger partial charge in [-0.3, -0.25) is 0 Å². The molecule has 0 aliphatic rings. The second-order valence-corrected chi connectivity index (χ2v) is 7.81. The number of carbonyl (C=O) groups is 1. The van der Waals surface area contributed by atoms with Crippen molar-refractivity contribution in [1.82, 2.24) is 0 Å². The molecule has 0 spiro atoms. The molecular formula is C25H24Cl2FNO4. The van der Waals surface area contributed by atoms with Gasteiger partial charge in [-0.1, -0.05) is 29.3 Å². The molecule has 0 unspecified atom stereocenters. The molecule has 0 fully saturated rings. The standard InChI is InChI=1S/C25H24Cl2FNO4/c1-3-31-23-11-18(14-29-20-9-6-16(7-10-20)25(30)32-4-2)22(27)13-24(23)33-15-17-5-8-19(28)12-21(17)26/h5-13,29H,3-4,14-15H2,1-2H3. The van der Waals surface area contributed by atoms with Gasteiger partial charge in [0.15, 0.2) is 11.5 Å². The zero-order valence-electron chi connectivity index (χ0n) is 18.3. The first-order valence-electron chi connectivity index (χ1n) is 10.4. The van der Waals surface area contributed by atoms with Gasteiger partial charge >= 0.3 is 5.97 Å². The van der Waals surface area contributed by atoms with Crippen LogP contribution < -0.4 is 14.8 Å². The summed E-state index contributed by atoms with van der Waals surface area (Å²) in [6, 6.07) is 14.6. The van der Waals surface area contributed by atoms with E-state index in [1.54, 1.807) is 43.3 Å². The number of carbonyl (C=O) groups excluding carboxylic acids is 1. The van der Waals surface area contributed by atoms with Crippen LogP contribution in [-0.2, 0) is 17.9 Å². The highest BCUT2D eigenvalue weighted by molar-refractivity contribution is 6.31. The first kappa shape index (κ1) is 24.7. The number of nitrogens with one attached hydrogen (secondary N) is 1. The Hall–Kier alpha value is -2.96. The monoisotopic (exact) mass is 491 g/mol. The smallest absolute Gasteiger partial charge is 0.338 e. The zero-order chi connectivity index (χ0) is 23.8. The number of hydrogen-bond acceptors (Lipinski definition) is 5. The van der Waals surface area contributed by atoms with Crippen LogP contribution in [0.15, 0.2) is 54.6 Å². The molecule has 0 aromatic heterocycles. The van der Waals surface area contributed by atoms with Gasteiger partial charge < -0.3 is 19.5 Å². The van der Waals surface area contributed by atoms with Gasteiger partial charge in [0.25, 0.3) is 0 Å². The van der Waals surface area contributed by atoms with Gasteiger partial charge in [-0.2, -0.15) is 0 Å². The van der Waals surface area contributed by atoms with E-state index in [1.165, 1.54) is 12.1 Å². The number of rotatable bonds is 10. The fraction of sp³-hybridized carbons (Fsp3) is 0.240. The molecule has 174 valence electrons. The minimum atomic E-state index is -0.408. The summed E-state index contributed by atoms with van der Waals surface area (Å²) in [4.78, 5) is 11.8. The van der Waals surface area contributed by atoms with E-state index in [0.717, 1.165) is 11.3 Å². The maximum Gasteiger partial charge on any atom is 0.338 e. The van der Waals surface area contributed by atoms with Crippen LogP contribution in [0.2, 0.25) is 10.0 Å². The summed E-state index contributed by atoms with van der Waals surface area (Å²) in [5.41, 5.74) is 2.76. The average Bonchev–Trinajstić information content (AvgIpc) is 2.79. The third kappa shape index (κ3) is 6.76. The second-order valence-electron chi connectivity index (χ2n) is 7.00. The molecule has 5 nitrogen and oxygen atoms in total. The molecule has 0 saturated heterocycles. The Bertz CT molecular complexity index is 1110. The number of esters is 1. The number of halogens is 3. The molecule has 0 saturated carbocycles. The summed E-state index contributed by atoms with van der Waals surface area (Å²) in [7, 11) is 0. The van der Waals surface area contributed by atoms with Crippen LogP contribution in [0.3, 0.4) is 0 Å². The molecule has 3 rings (SSSR count). The quantitative estimate of drug-likeness (QED) is 0.312. The topological polar surface area (TPSA) is 56.8 Å². The lowest BCUT2D eigenvalue weighted by Crippen LogP contribution is -2.06. The Labute approximate surface area is 202 Å². The minimum absolute atomic E-state index is 0.139. The Kier molecular flexibility index (Phi) is 8.80. The molecule has 0 aliphatic heterocycles. The van der Waals surface area contributed by atoms with Crippen molar-refractivity contribution >= 4 is 34.9 Å². The number of hydrogen-bond donors (Lipinski definition) is 1. The zero-order valence-corrected chi connectivity index (χ0v) is 19.8. The van der Waals surface area contributed by atoms with Gasteiger partial charge in [-0.25, -0.2) is 9.18 Å². The van der Waals surface area contributed by atoms with Crippen molar-refractivity contribution in [2.45, 2.75) is 27.0 Å². The number of benzene rings is 3. The normalized spacial score (nSPS) is 10.6. The van der Waals surface area contributed by atoms with E-state index in [4.69, 9.17) is 37.4 Å². The Morgan fingerprint density at radius 3 is 2.24 bits per heavy atom. The van der Waals surface area contributed by atoms with Crippen LogP contribution in [0.25, 0.3) is 0 Å². The molecule has 3 aromatic rings. The van der Waals surface area contributed by atoms with Crippen LogP contribution >= 0.6 is 23.2 Å². The lowest BCUT2D eigenvalue weighted by molar-refractivity contribution is 0.0526. The summed E-state index contributed by atoms with van der Waals surface area (Å²) >= 11 is 12.6. The van der Waals surface area contributed by atoms with E-state index in [2.05, 4.69) is 5.32 Å². The third-order valence-electron chi connectivity index (χ3n) is 4.69. The minimum Gasteiger partial charge on any atom is -0.490 e. The van der Waals surface area contributed by atoms with Gasteiger partial charge in [0.05, 0.1) is 23.8 Å². The van der Waals surface area contributed by atoms with Crippen LogP contribution in [-0.4, -0.2) is 19.2 Å². The predicted octanol–water partition coefficient (Wildman–Crippen LogP) is 6.90. The SMILES string of the molecule is CCOC(=O)c1ccc(NCc2cc(OCC)c(OCc3ccc(F)cc3Cl)cc2Cl)cc1. The Morgan fingerprint density at radius 2 is 1.58 bits per heavy atom. The molecule has 3 aromatic carbocycles. The van der Waals surface area contributed by atoms with E-state index < -0.39 is 5.82 Å². The molecule has 0 aliphatic carbocycles. The van der Waals surface area contributed by atoms with Crippen LogP contribution in [0, 0.1) is 5.82 Å². The number of ether oxygens (including phenoxy) is 3. The van der Waals surface area contributed by atoms with Crippen molar-refractivity contribution in [3.63, 3.8) is 0 Å². The van der Waals surface area contributed by atoms with Gasteiger partial charge in [-0.05, 0) is 61.9 Å². The molecule has 0 radical (unpaired) electrons. The molecule has 0 heterocycles. The molecule has 0 atom stereocenters. The van der Waals surface area contributed by atoms with Gasteiger partial charge in [0, 0.05) is 28.9 Å². The predicted molar refractivity (Wildman–Crippen MR) is 128 cm³/mol. The van der Waals surface area contributed by atoms with Gasteiger partial charge in [-0.15, -0.1) is 0 Å². The van der Waals surface area contributed by atoms with Crippen molar-refractivity contribution < 1.29 is 23.4 Å². The fourth-order valence-corrected chi connectivity index (χ4v) is 3.47. The number of anilines is 1. The highest BCUT2D eigenvalue weighted by Gasteiger charge is 2.13. The van der Waals surface area contributed by atoms with Crippen molar-refractivity contribution in [3.8, 4) is 11.5 Å². The summed E-state index contributed by atoms with van der Waals surface area (Å²) in [6.45, 7) is 4.98. The largest absolute Gasteiger partial charge is 0.490 e. The molecule has 0 bridgehead atoms. The lowest BCUT2D eigenvalue weighted by atomic mass is 10.1. The third-order valence-corrected chi connectivity index (χ3v) is 5.39. The van der Waals surface area contributed by atoms with E-state index >= 15 is 0 Å². The van der Waals surface area contributed by atoms with Gasteiger partial charge in [0.1, 0.15) is 12.4 Å². The molecule has 8 heteroatoms. The van der Waals surface area contributed by atoms with Crippen molar-refractivity contribution in [2.75, 3.05) is 18.5 Å². The average molecular weight is 492 g/mol. The van der Waals surface area contributed by atoms with Crippen molar-refractivity contribution in [3.05, 3.63) is 87.2 Å². The van der Waals surface area contributed by atoms with Crippen LogP contribution in [0.4, 0.5) is 10.1 Å². The molecule has 0 amide bonds. The van der Waals surface area contributed by atoms with Crippen LogP contribution in [0.1, 0.15) is 35.3 Å². The Balaban J connectivity index is 1.70. The fourth-order valence-electron chi connectivity index (χ4n) is 3.02. The van der Waals surface area contributed by atoms with Gasteiger partial charge in [0.2, 0.25) is 0 Å². The first-order valence-corrected chi connectivity index (χ1v) is 11.2.